The molecule has 0 radical (unpaired) electrons. The molecule has 0 aliphatic carbocycles. The van der Waals surface area contributed by atoms with Crippen LogP contribution < -0.4 is 5.43 Å². The van der Waals surface area contributed by atoms with Gasteiger partial charge in [-0.2, -0.15) is 0 Å². The van der Waals surface area contributed by atoms with Crippen molar-refractivity contribution in [1.29, 1.82) is 0 Å². The van der Waals surface area contributed by atoms with Gasteiger partial charge in [-0.05, 0) is 57.1 Å². The van der Waals surface area contributed by atoms with Gasteiger partial charge in [0.05, 0.1) is 0 Å². The minimum Gasteiger partial charge on any atom is -0.247 e. The highest BCUT2D eigenvalue weighted by Gasteiger charge is 2.25. The van der Waals surface area contributed by atoms with Crippen LogP contribution >= 0.6 is 0 Å². The van der Waals surface area contributed by atoms with Gasteiger partial charge in [-0.25, -0.2) is 10.4 Å². The molecule has 1 saturated heterocycles. The minimum atomic E-state index is 0.376. The summed E-state index contributed by atoms with van der Waals surface area (Å²) < 4.78 is 0. The highest BCUT2D eigenvalue weighted by Crippen LogP contribution is 2.23. The van der Waals surface area contributed by atoms with Crippen molar-refractivity contribution in [3.8, 4) is 0 Å². The number of hydrogen-bond acceptors (Lipinski definition) is 2. The molecular formula is C19H32N2. The summed E-state index contributed by atoms with van der Waals surface area (Å²) in [6, 6.07) is 10.8. The Hall–Kier alpha value is -0.860. The fourth-order valence-corrected chi connectivity index (χ4v) is 3.39. The standard InChI is InChI=1S/C19H32N2/c1-14(2)13-18-9-11-19(12-10-18)17(5)20-21-15(3)7-6-8-16(21)4/h9-12,14-17,20H,6-8,13H2,1-5H3. The van der Waals surface area contributed by atoms with Gasteiger partial charge in [0, 0.05) is 18.1 Å². The third kappa shape index (κ3) is 4.55. The molecule has 1 aliphatic rings. The first-order chi connectivity index (χ1) is 9.97. The van der Waals surface area contributed by atoms with Crippen LogP contribution in [0.25, 0.3) is 0 Å². The van der Waals surface area contributed by atoms with Gasteiger partial charge in [-0.1, -0.05) is 44.5 Å². The molecule has 0 saturated carbocycles. The highest BCUT2D eigenvalue weighted by molar-refractivity contribution is 5.25. The number of benzene rings is 1. The molecule has 21 heavy (non-hydrogen) atoms. The van der Waals surface area contributed by atoms with Crippen LogP contribution in [0.15, 0.2) is 24.3 Å². The van der Waals surface area contributed by atoms with Crippen molar-refractivity contribution in [3.63, 3.8) is 0 Å². The first-order valence-corrected chi connectivity index (χ1v) is 8.60. The quantitative estimate of drug-likeness (QED) is 0.844. The van der Waals surface area contributed by atoms with Crippen LogP contribution in [-0.2, 0) is 6.42 Å². The van der Waals surface area contributed by atoms with E-state index in [0.717, 1.165) is 5.92 Å². The van der Waals surface area contributed by atoms with Crippen LogP contribution in [0, 0.1) is 5.92 Å². The van der Waals surface area contributed by atoms with Crippen LogP contribution in [0.3, 0.4) is 0 Å². The molecule has 0 bridgehead atoms. The summed E-state index contributed by atoms with van der Waals surface area (Å²) >= 11 is 0. The lowest BCUT2D eigenvalue weighted by atomic mass is 9.98. The van der Waals surface area contributed by atoms with Gasteiger partial charge >= 0.3 is 0 Å². The molecule has 1 aromatic rings. The van der Waals surface area contributed by atoms with E-state index in [1.165, 1.54) is 36.8 Å². The minimum absolute atomic E-state index is 0.376. The highest BCUT2D eigenvalue weighted by atomic mass is 15.5. The Balaban J connectivity index is 1.97. The molecule has 2 heteroatoms. The zero-order valence-corrected chi connectivity index (χ0v) is 14.4. The first kappa shape index (κ1) is 16.5. The van der Waals surface area contributed by atoms with Crippen molar-refractivity contribution in [2.45, 2.75) is 78.4 Å². The van der Waals surface area contributed by atoms with Crippen LogP contribution in [-0.4, -0.2) is 17.1 Å². The molecule has 0 amide bonds. The Morgan fingerprint density at radius 2 is 1.62 bits per heavy atom. The lowest BCUT2D eigenvalue weighted by molar-refractivity contribution is 0.0320. The van der Waals surface area contributed by atoms with E-state index < -0.39 is 0 Å². The second-order valence-electron chi connectivity index (χ2n) is 7.23. The van der Waals surface area contributed by atoms with Crippen LogP contribution in [0.5, 0.6) is 0 Å². The van der Waals surface area contributed by atoms with Gasteiger partial charge in [-0.3, -0.25) is 0 Å². The molecule has 0 aromatic heterocycles. The monoisotopic (exact) mass is 288 g/mol. The Bertz CT molecular complexity index is 414. The van der Waals surface area contributed by atoms with E-state index in [-0.39, 0.29) is 0 Å². The number of hydrazine groups is 1. The largest absolute Gasteiger partial charge is 0.247 e. The second-order valence-corrected chi connectivity index (χ2v) is 7.23. The van der Waals surface area contributed by atoms with Gasteiger partial charge in [0.15, 0.2) is 0 Å². The van der Waals surface area contributed by atoms with E-state index in [1.807, 2.05) is 0 Å². The van der Waals surface area contributed by atoms with Crippen LogP contribution in [0.4, 0.5) is 0 Å². The van der Waals surface area contributed by atoms with Gasteiger partial charge < -0.3 is 0 Å². The molecule has 2 nitrogen and oxygen atoms in total. The molecular weight excluding hydrogens is 256 g/mol. The van der Waals surface area contributed by atoms with Gasteiger partial charge in [-0.15, -0.1) is 0 Å². The van der Waals surface area contributed by atoms with E-state index in [2.05, 4.69) is 69.3 Å². The predicted molar refractivity (Wildman–Crippen MR) is 91.1 cm³/mol. The third-order valence-electron chi connectivity index (χ3n) is 4.66. The summed E-state index contributed by atoms with van der Waals surface area (Å²) in [6.45, 7) is 11.5. The van der Waals surface area contributed by atoms with Gasteiger partial charge in [0.2, 0.25) is 0 Å². The normalized spacial score (nSPS) is 25.2. The molecule has 1 heterocycles. The molecule has 118 valence electrons. The summed E-state index contributed by atoms with van der Waals surface area (Å²) in [5, 5.41) is 2.47. The molecule has 1 aliphatic heterocycles. The van der Waals surface area contributed by atoms with Crippen molar-refractivity contribution in [3.05, 3.63) is 35.4 Å². The van der Waals surface area contributed by atoms with Crippen LogP contribution in [0.1, 0.15) is 71.0 Å². The summed E-state index contributed by atoms with van der Waals surface area (Å²) in [5.41, 5.74) is 6.56. The van der Waals surface area contributed by atoms with E-state index in [0.29, 0.717) is 18.1 Å². The lowest BCUT2D eigenvalue weighted by Crippen LogP contribution is -2.52. The summed E-state index contributed by atoms with van der Waals surface area (Å²) in [4.78, 5) is 0. The molecule has 2 rings (SSSR count). The lowest BCUT2D eigenvalue weighted by Gasteiger charge is -2.41. The van der Waals surface area contributed by atoms with Gasteiger partial charge in [0.25, 0.3) is 0 Å². The first-order valence-electron chi connectivity index (χ1n) is 8.60. The Kier molecular flexibility index (Phi) is 5.83. The third-order valence-corrected chi connectivity index (χ3v) is 4.66. The van der Waals surface area contributed by atoms with Crippen LogP contribution in [0.2, 0.25) is 0 Å². The zero-order chi connectivity index (χ0) is 15.4. The number of nitrogens with zero attached hydrogens (tertiary/aromatic N) is 1. The summed E-state index contributed by atoms with van der Waals surface area (Å²) in [7, 11) is 0. The van der Waals surface area contributed by atoms with E-state index in [9.17, 15) is 0 Å². The fraction of sp³-hybridized carbons (Fsp3) is 0.684. The van der Waals surface area contributed by atoms with Gasteiger partial charge in [0.1, 0.15) is 0 Å². The van der Waals surface area contributed by atoms with Crippen molar-refractivity contribution in [2.75, 3.05) is 0 Å². The van der Waals surface area contributed by atoms with Crippen molar-refractivity contribution < 1.29 is 0 Å². The number of nitrogens with one attached hydrogen (secondary N) is 1. The van der Waals surface area contributed by atoms with E-state index >= 15 is 0 Å². The SMILES string of the molecule is CC(C)Cc1ccc(C(C)NN2C(C)CCCC2C)cc1. The number of rotatable bonds is 5. The smallest absolute Gasteiger partial charge is 0.0436 e. The second kappa shape index (κ2) is 7.42. The Morgan fingerprint density at radius 3 is 2.14 bits per heavy atom. The summed E-state index contributed by atoms with van der Waals surface area (Å²) in [5.74, 6) is 0.724. The maximum Gasteiger partial charge on any atom is 0.0436 e. The molecule has 1 fully saturated rings. The van der Waals surface area contributed by atoms with E-state index in [4.69, 9.17) is 0 Å². The average Bonchev–Trinajstić information content (AvgIpc) is 2.43. The molecule has 1 N–H and O–H groups in total. The molecule has 3 atom stereocenters. The van der Waals surface area contributed by atoms with Crippen molar-refractivity contribution in [2.24, 2.45) is 5.92 Å². The predicted octanol–water partition coefficient (Wildman–Crippen LogP) is 4.71. The molecule has 1 aromatic carbocycles. The fourth-order valence-electron chi connectivity index (χ4n) is 3.39. The Labute approximate surface area is 130 Å². The topological polar surface area (TPSA) is 15.3 Å². The maximum absolute atomic E-state index is 3.73. The number of piperidine rings is 1. The maximum atomic E-state index is 3.73. The average molecular weight is 288 g/mol. The Morgan fingerprint density at radius 1 is 1.05 bits per heavy atom. The van der Waals surface area contributed by atoms with Crippen molar-refractivity contribution >= 4 is 0 Å². The van der Waals surface area contributed by atoms with E-state index in [1.54, 1.807) is 0 Å². The van der Waals surface area contributed by atoms with Crippen molar-refractivity contribution in [1.82, 2.24) is 10.4 Å². The molecule has 3 unspecified atom stereocenters. The summed E-state index contributed by atoms with van der Waals surface area (Å²) in [6.07, 6.45) is 5.13. The number of hydrogen-bond donors (Lipinski definition) is 1. The zero-order valence-electron chi connectivity index (χ0n) is 14.4. The molecule has 0 spiro atoms.